The number of aryl methyl sites for hydroxylation is 2. The predicted octanol–water partition coefficient (Wildman–Crippen LogP) is 5.54. The second-order valence-electron chi connectivity index (χ2n) is 12.0. The Labute approximate surface area is 204 Å². The first-order valence-electron chi connectivity index (χ1n) is 13.4. The lowest BCUT2D eigenvalue weighted by Gasteiger charge is -2.60. The molecule has 0 saturated heterocycles. The highest BCUT2D eigenvalue weighted by atomic mass is 16.2. The molecule has 1 aromatic heterocycles. The SMILES string of the molecule is CCc1ccc(C)nc1NC(=O)C[C@H]1CCC2C3CCC4N(C)C(=O)C=C[C@]4(C)C3CC[C@@]21C. The van der Waals surface area contributed by atoms with E-state index in [0.29, 0.717) is 36.1 Å². The maximum atomic E-state index is 13.2. The third-order valence-corrected chi connectivity index (χ3v) is 10.5. The van der Waals surface area contributed by atoms with Crippen LogP contribution in [0.1, 0.15) is 77.0 Å². The fourth-order valence-corrected chi connectivity index (χ4v) is 8.57. The molecule has 5 heteroatoms. The van der Waals surface area contributed by atoms with Gasteiger partial charge in [0.2, 0.25) is 11.8 Å². The highest BCUT2D eigenvalue weighted by Crippen LogP contribution is 2.65. The van der Waals surface area contributed by atoms with Gasteiger partial charge in [0, 0.05) is 30.6 Å². The van der Waals surface area contributed by atoms with Crippen LogP contribution in [-0.4, -0.2) is 34.8 Å². The van der Waals surface area contributed by atoms with E-state index in [0.717, 1.165) is 36.3 Å². The summed E-state index contributed by atoms with van der Waals surface area (Å²) in [4.78, 5) is 32.1. The molecule has 1 N–H and O–H groups in total. The Kier molecular flexibility index (Phi) is 5.89. The monoisotopic (exact) mass is 463 g/mol. The van der Waals surface area contributed by atoms with E-state index in [1.807, 2.05) is 31.0 Å². The number of nitrogens with one attached hydrogen (secondary N) is 1. The summed E-state index contributed by atoms with van der Waals surface area (Å²) >= 11 is 0. The number of carbonyl (C=O) groups is 2. The number of anilines is 1. The molecule has 3 saturated carbocycles. The Hall–Kier alpha value is -2.17. The van der Waals surface area contributed by atoms with Gasteiger partial charge in [-0.05, 0) is 98.7 Å². The number of amides is 2. The van der Waals surface area contributed by atoms with Gasteiger partial charge in [-0.15, -0.1) is 0 Å². The van der Waals surface area contributed by atoms with Crippen molar-refractivity contribution in [1.29, 1.82) is 0 Å². The zero-order valence-corrected chi connectivity index (χ0v) is 21.6. The van der Waals surface area contributed by atoms with Crippen LogP contribution >= 0.6 is 0 Å². The predicted molar refractivity (Wildman–Crippen MR) is 135 cm³/mol. The van der Waals surface area contributed by atoms with Gasteiger partial charge in [-0.25, -0.2) is 4.98 Å². The van der Waals surface area contributed by atoms with Crippen LogP contribution in [0.5, 0.6) is 0 Å². The number of likely N-dealkylation sites (N-methyl/N-ethyl adjacent to an activating group) is 1. The van der Waals surface area contributed by atoms with E-state index in [9.17, 15) is 9.59 Å². The van der Waals surface area contributed by atoms with Gasteiger partial charge in [0.1, 0.15) is 5.82 Å². The molecule has 184 valence electrons. The summed E-state index contributed by atoms with van der Waals surface area (Å²) in [6, 6.07) is 4.42. The number of rotatable bonds is 4. The van der Waals surface area contributed by atoms with Gasteiger partial charge in [-0.1, -0.05) is 32.9 Å². The fourth-order valence-electron chi connectivity index (χ4n) is 8.57. The van der Waals surface area contributed by atoms with E-state index < -0.39 is 0 Å². The van der Waals surface area contributed by atoms with Crippen LogP contribution in [-0.2, 0) is 16.0 Å². The molecule has 5 nitrogen and oxygen atoms in total. The number of hydrogen-bond donors (Lipinski definition) is 1. The second kappa shape index (κ2) is 8.49. The van der Waals surface area contributed by atoms with E-state index in [-0.39, 0.29) is 22.6 Å². The largest absolute Gasteiger partial charge is 0.338 e. The van der Waals surface area contributed by atoms with Crippen molar-refractivity contribution in [1.82, 2.24) is 9.88 Å². The molecule has 0 aromatic carbocycles. The zero-order valence-electron chi connectivity index (χ0n) is 21.6. The molecule has 2 heterocycles. The van der Waals surface area contributed by atoms with Gasteiger partial charge in [-0.2, -0.15) is 0 Å². The van der Waals surface area contributed by atoms with E-state index in [1.54, 1.807) is 0 Å². The van der Waals surface area contributed by atoms with Gasteiger partial charge >= 0.3 is 0 Å². The number of aromatic nitrogens is 1. The van der Waals surface area contributed by atoms with E-state index in [1.165, 1.54) is 25.7 Å². The molecule has 3 fully saturated rings. The normalized spacial score (nSPS) is 38.8. The number of pyridine rings is 1. The Bertz CT molecular complexity index is 1020. The highest BCUT2D eigenvalue weighted by molar-refractivity contribution is 5.90. The standard InChI is InChI=1S/C29H41N3O2/c1-6-19-8-7-18(2)30-27(19)31-25(33)17-20-9-11-22-21-10-12-24-29(4,16-14-26(34)32(24)5)23(21)13-15-28(20,22)3/h7-8,14,16,20-24H,6,9-13,15,17H2,1-5H3,(H,30,31,33)/t20-,21?,22?,23?,24?,28-,29-/m1/s1. The van der Waals surface area contributed by atoms with E-state index in [2.05, 4.69) is 43.2 Å². The molecular formula is C29H41N3O2. The Morgan fingerprint density at radius 2 is 1.94 bits per heavy atom. The fraction of sp³-hybridized carbons (Fsp3) is 0.690. The Morgan fingerprint density at radius 1 is 1.15 bits per heavy atom. The van der Waals surface area contributed by atoms with E-state index >= 15 is 0 Å². The summed E-state index contributed by atoms with van der Waals surface area (Å²) in [6.07, 6.45) is 12.6. The van der Waals surface area contributed by atoms with Crippen molar-refractivity contribution >= 4 is 17.6 Å². The smallest absolute Gasteiger partial charge is 0.246 e. The third-order valence-electron chi connectivity index (χ3n) is 10.5. The third kappa shape index (κ3) is 3.61. The second-order valence-corrected chi connectivity index (χ2v) is 12.0. The van der Waals surface area contributed by atoms with Crippen LogP contribution in [0, 0.1) is 41.4 Å². The number of fused-ring (bicyclic) bond motifs is 5. The van der Waals surface area contributed by atoms with Crippen molar-refractivity contribution < 1.29 is 9.59 Å². The van der Waals surface area contributed by atoms with Gasteiger partial charge in [0.15, 0.2) is 0 Å². The molecule has 3 aliphatic carbocycles. The lowest BCUT2D eigenvalue weighted by Crippen LogP contribution is -2.59. The quantitative estimate of drug-likeness (QED) is 0.638. The van der Waals surface area contributed by atoms with Crippen molar-refractivity contribution in [3.8, 4) is 0 Å². The number of carbonyl (C=O) groups excluding carboxylic acids is 2. The van der Waals surface area contributed by atoms with Crippen molar-refractivity contribution in [2.45, 2.75) is 85.1 Å². The van der Waals surface area contributed by atoms with Crippen LogP contribution < -0.4 is 5.32 Å². The van der Waals surface area contributed by atoms with Crippen LogP contribution in [0.25, 0.3) is 0 Å². The molecule has 4 unspecified atom stereocenters. The first-order chi connectivity index (χ1) is 16.2. The van der Waals surface area contributed by atoms with Gasteiger partial charge in [0.05, 0.1) is 0 Å². The zero-order chi connectivity index (χ0) is 24.3. The molecular weight excluding hydrogens is 422 g/mol. The molecule has 1 aliphatic heterocycles. The summed E-state index contributed by atoms with van der Waals surface area (Å²) in [7, 11) is 1.99. The highest BCUT2D eigenvalue weighted by Gasteiger charge is 2.60. The Morgan fingerprint density at radius 3 is 2.71 bits per heavy atom. The molecule has 0 radical (unpaired) electrons. The van der Waals surface area contributed by atoms with Crippen molar-refractivity contribution in [3.05, 3.63) is 35.5 Å². The molecule has 7 atom stereocenters. The lowest BCUT2D eigenvalue weighted by atomic mass is 9.47. The molecule has 0 spiro atoms. The number of hydrogen-bond acceptors (Lipinski definition) is 3. The maximum Gasteiger partial charge on any atom is 0.246 e. The average molecular weight is 464 g/mol. The Balaban J connectivity index is 1.31. The number of nitrogens with zero attached hydrogens (tertiary/aromatic N) is 2. The van der Waals surface area contributed by atoms with Crippen LogP contribution in [0.3, 0.4) is 0 Å². The molecule has 34 heavy (non-hydrogen) atoms. The minimum Gasteiger partial charge on any atom is -0.338 e. The molecule has 0 bridgehead atoms. The summed E-state index contributed by atoms with van der Waals surface area (Å²) in [5, 5.41) is 3.15. The summed E-state index contributed by atoms with van der Waals surface area (Å²) < 4.78 is 0. The van der Waals surface area contributed by atoms with Crippen LogP contribution in [0.2, 0.25) is 0 Å². The van der Waals surface area contributed by atoms with Gasteiger partial charge in [0.25, 0.3) is 0 Å². The minimum absolute atomic E-state index is 0.0791. The summed E-state index contributed by atoms with van der Waals surface area (Å²) in [5.41, 5.74) is 2.35. The first-order valence-corrected chi connectivity index (χ1v) is 13.4. The lowest BCUT2D eigenvalue weighted by molar-refractivity contribution is -0.139. The van der Waals surface area contributed by atoms with Gasteiger partial charge < -0.3 is 10.2 Å². The topological polar surface area (TPSA) is 62.3 Å². The van der Waals surface area contributed by atoms with Gasteiger partial charge in [-0.3, -0.25) is 9.59 Å². The van der Waals surface area contributed by atoms with Crippen molar-refractivity contribution in [2.24, 2.45) is 34.5 Å². The molecule has 4 aliphatic rings. The minimum atomic E-state index is 0.0791. The van der Waals surface area contributed by atoms with Crippen LogP contribution in [0.15, 0.2) is 24.3 Å². The maximum absolute atomic E-state index is 13.2. The average Bonchev–Trinajstić information content (AvgIpc) is 3.13. The van der Waals surface area contributed by atoms with Crippen molar-refractivity contribution in [2.75, 3.05) is 12.4 Å². The summed E-state index contributed by atoms with van der Waals surface area (Å²) in [6.45, 7) is 8.95. The van der Waals surface area contributed by atoms with Crippen LogP contribution in [0.4, 0.5) is 5.82 Å². The molecule has 2 amide bonds. The first kappa shape index (κ1) is 23.6. The molecule has 5 rings (SSSR count). The van der Waals surface area contributed by atoms with Crippen molar-refractivity contribution in [3.63, 3.8) is 0 Å². The summed E-state index contributed by atoms with van der Waals surface area (Å²) in [5.74, 6) is 3.46. The molecule has 1 aromatic rings. The van der Waals surface area contributed by atoms with E-state index in [4.69, 9.17) is 0 Å².